The van der Waals surface area contributed by atoms with Crippen LogP contribution in [0.4, 0.5) is 0 Å². The van der Waals surface area contributed by atoms with Crippen LogP contribution in [0, 0.1) is 0 Å². The third kappa shape index (κ3) is 4.75. The third-order valence-corrected chi connectivity index (χ3v) is 5.24. The second kappa shape index (κ2) is 9.50. The molecule has 0 atom stereocenters. The molecule has 4 aromatic rings. The molecule has 0 bridgehead atoms. The van der Waals surface area contributed by atoms with Gasteiger partial charge in [-0.2, -0.15) is 0 Å². The monoisotopic (exact) mass is 455 g/mol. The van der Waals surface area contributed by atoms with Crippen LogP contribution in [0.2, 0.25) is 0 Å². The van der Waals surface area contributed by atoms with E-state index in [2.05, 4.69) is 15.5 Å². The highest BCUT2D eigenvalue weighted by molar-refractivity contribution is 5.94. The molecule has 1 aromatic heterocycles. The standard InChI is InChI=1S/C26H21N3O5/c1-31-20-3-2-4-21(14-20)34-25-12-10-22(28-29-25)18-6-8-19(9-7-18)26(30)27-15-17-5-11-23-24(13-17)33-16-32-23/h2-14H,15-16H2,1H3,(H,27,30). The molecule has 34 heavy (non-hydrogen) atoms. The molecular weight excluding hydrogens is 434 g/mol. The molecule has 0 saturated heterocycles. The van der Waals surface area contributed by atoms with Crippen LogP contribution >= 0.6 is 0 Å². The van der Waals surface area contributed by atoms with Crippen molar-refractivity contribution in [1.29, 1.82) is 0 Å². The maximum absolute atomic E-state index is 12.5. The Morgan fingerprint density at radius 2 is 1.74 bits per heavy atom. The minimum Gasteiger partial charge on any atom is -0.497 e. The summed E-state index contributed by atoms with van der Waals surface area (Å²) in [5.41, 5.74) is 2.99. The Bertz CT molecular complexity index is 1310. The Labute approximate surface area is 196 Å². The van der Waals surface area contributed by atoms with Gasteiger partial charge in [-0.3, -0.25) is 4.79 Å². The molecule has 0 radical (unpaired) electrons. The number of carbonyl (C=O) groups is 1. The zero-order valence-electron chi connectivity index (χ0n) is 18.4. The Kier molecular flexibility index (Phi) is 5.94. The predicted molar refractivity (Wildman–Crippen MR) is 124 cm³/mol. The number of carbonyl (C=O) groups excluding carboxylic acids is 1. The van der Waals surface area contributed by atoms with Crippen molar-refractivity contribution in [2.75, 3.05) is 13.9 Å². The number of fused-ring (bicyclic) bond motifs is 1. The largest absolute Gasteiger partial charge is 0.497 e. The Morgan fingerprint density at radius 1 is 0.912 bits per heavy atom. The number of amides is 1. The molecule has 0 spiro atoms. The van der Waals surface area contributed by atoms with Crippen molar-refractivity contribution in [2.24, 2.45) is 0 Å². The minimum absolute atomic E-state index is 0.169. The number of ether oxygens (including phenoxy) is 4. The number of hydrogen-bond donors (Lipinski definition) is 1. The molecule has 0 aliphatic carbocycles. The first-order valence-corrected chi connectivity index (χ1v) is 10.6. The first-order chi connectivity index (χ1) is 16.7. The summed E-state index contributed by atoms with van der Waals surface area (Å²) < 4.78 is 21.6. The molecular formula is C26H21N3O5. The van der Waals surface area contributed by atoms with Crippen LogP contribution in [-0.4, -0.2) is 30.0 Å². The van der Waals surface area contributed by atoms with Gasteiger partial charge in [0.25, 0.3) is 5.91 Å². The summed E-state index contributed by atoms with van der Waals surface area (Å²) in [5, 5.41) is 11.3. The van der Waals surface area contributed by atoms with Crippen LogP contribution < -0.4 is 24.3 Å². The first kappa shape index (κ1) is 21.3. The lowest BCUT2D eigenvalue weighted by molar-refractivity contribution is 0.0951. The van der Waals surface area contributed by atoms with Gasteiger partial charge >= 0.3 is 0 Å². The zero-order valence-corrected chi connectivity index (χ0v) is 18.4. The lowest BCUT2D eigenvalue weighted by Crippen LogP contribution is -2.22. The van der Waals surface area contributed by atoms with E-state index in [0.29, 0.717) is 46.7 Å². The topological polar surface area (TPSA) is 91.8 Å². The summed E-state index contributed by atoms with van der Waals surface area (Å²) in [6, 6.07) is 23.6. The Morgan fingerprint density at radius 3 is 2.53 bits per heavy atom. The normalized spacial score (nSPS) is 11.7. The van der Waals surface area contributed by atoms with Crippen LogP contribution in [0.5, 0.6) is 28.9 Å². The van der Waals surface area contributed by atoms with E-state index in [1.807, 2.05) is 54.6 Å². The fourth-order valence-electron chi connectivity index (χ4n) is 3.44. The van der Waals surface area contributed by atoms with E-state index >= 15 is 0 Å². The van der Waals surface area contributed by atoms with Crippen LogP contribution in [-0.2, 0) is 6.54 Å². The van der Waals surface area contributed by atoms with Crippen LogP contribution in [0.15, 0.2) is 78.9 Å². The van der Waals surface area contributed by atoms with Crippen LogP contribution in [0.1, 0.15) is 15.9 Å². The van der Waals surface area contributed by atoms with Gasteiger partial charge in [-0.15, -0.1) is 10.2 Å². The molecule has 1 amide bonds. The average Bonchev–Trinajstić information content (AvgIpc) is 3.36. The smallest absolute Gasteiger partial charge is 0.251 e. The molecule has 0 fully saturated rings. The van der Waals surface area contributed by atoms with Crippen molar-refractivity contribution in [3.05, 3.63) is 90.0 Å². The highest BCUT2D eigenvalue weighted by Gasteiger charge is 2.14. The van der Waals surface area contributed by atoms with E-state index in [-0.39, 0.29) is 12.7 Å². The average molecular weight is 455 g/mol. The number of nitrogens with one attached hydrogen (secondary N) is 1. The summed E-state index contributed by atoms with van der Waals surface area (Å²) >= 11 is 0. The lowest BCUT2D eigenvalue weighted by Gasteiger charge is -2.08. The maximum Gasteiger partial charge on any atom is 0.251 e. The van der Waals surface area contributed by atoms with E-state index < -0.39 is 0 Å². The van der Waals surface area contributed by atoms with Gasteiger partial charge in [-0.1, -0.05) is 24.3 Å². The number of hydrogen-bond acceptors (Lipinski definition) is 7. The second-order valence-electron chi connectivity index (χ2n) is 7.49. The number of benzene rings is 3. The highest BCUT2D eigenvalue weighted by atomic mass is 16.7. The number of methoxy groups -OCH3 is 1. The number of rotatable bonds is 7. The second-order valence-corrected chi connectivity index (χ2v) is 7.49. The summed E-state index contributed by atoms with van der Waals surface area (Å²) in [6.07, 6.45) is 0. The van der Waals surface area contributed by atoms with Gasteiger partial charge in [0.05, 0.1) is 12.8 Å². The number of nitrogens with zero attached hydrogens (tertiary/aromatic N) is 2. The van der Waals surface area contributed by atoms with Crippen molar-refractivity contribution >= 4 is 5.91 Å². The van der Waals surface area contributed by atoms with Crippen LogP contribution in [0.3, 0.4) is 0 Å². The van der Waals surface area contributed by atoms with E-state index in [1.165, 1.54) is 0 Å². The van der Waals surface area contributed by atoms with E-state index in [1.54, 1.807) is 31.4 Å². The number of aromatic nitrogens is 2. The molecule has 1 aliphatic rings. The van der Waals surface area contributed by atoms with E-state index in [0.717, 1.165) is 11.1 Å². The predicted octanol–water partition coefficient (Wildman–Crippen LogP) is 4.60. The summed E-state index contributed by atoms with van der Waals surface area (Å²) in [6.45, 7) is 0.608. The molecule has 0 saturated carbocycles. The van der Waals surface area contributed by atoms with Crippen molar-refractivity contribution < 1.29 is 23.7 Å². The molecule has 8 nitrogen and oxygen atoms in total. The fourth-order valence-corrected chi connectivity index (χ4v) is 3.44. The molecule has 5 rings (SSSR count). The van der Waals surface area contributed by atoms with Gasteiger partial charge in [-0.05, 0) is 48.0 Å². The van der Waals surface area contributed by atoms with Crippen molar-refractivity contribution in [2.45, 2.75) is 6.54 Å². The molecule has 2 heterocycles. The van der Waals surface area contributed by atoms with Gasteiger partial charge in [0.15, 0.2) is 11.5 Å². The molecule has 3 aromatic carbocycles. The molecule has 1 aliphatic heterocycles. The van der Waals surface area contributed by atoms with Gasteiger partial charge < -0.3 is 24.3 Å². The third-order valence-electron chi connectivity index (χ3n) is 5.24. The summed E-state index contributed by atoms with van der Waals surface area (Å²) in [4.78, 5) is 12.5. The van der Waals surface area contributed by atoms with Gasteiger partial charge in [-0.25, -0.2) is 0 Å². The summed E-state index contributed by atoms with van der Waals surface area (Å²) in [5.74, 6) is 2.92. The minimum atomic E-state index is -0.169. The lowest BCUT2D eigenvalue weighted by atomic mass is 10.1. The van der Waals surface area contributed by atoms with E-state index in [9.17, 15) is 4.79 Å². The van der Waals surface area contributed by atoms with Crippen molar-refractivity contribution in [3.8, 4) is 40.1 Å². The quantitative estimate of drug-likeness (QED) is 0.435. The van der Waals surface area contributed by atoms with Gasteiger partial charge in [0, 0.05) is 29.8 Å². The van der Waals surface area contributed by atoms with Gasteiger partial charge in [0.2, 0.25) is 12.7 Å². The van der Waals surface area contributed by atoms with Crippen molar-refractivity contribution in [3.63, 3.8) is 0 Å². The molecule has 0 unspecified atom stereocenters. The molecule has 8 heteroatoms. The fraction of sp³-hybridized carbons (Fsp3) is 0.115. The Balaban J connectivity index is 1.20. The van der Waals surface area contributed by atoms with Crippen molar-refractivity contribution in [1.82, 2.24) is 15.5 Å². The zero-order chi connectivity index (χ0) is 23.3. The maximum atomic E-state index is 12.5. The van der Waals surface area contributed by atoms with Gasteiger partial charge in [0.1, 0.15) is 11.5 Å². The SMILES string of the molecule is COc1cccc(Oc2ccc(-c3ccc(C(=O)NCc4ccc5c(c4)OCO5)cc3)nn2)c1. The first-order valence-electron chi connectivity index (χ1n) is 10.6. The summed E-state index contributed by atoms with van der Waals surface area (Å²) in [7, 11) is 1.60. The molecule has 170 valence electrons. The molecule has 1 N–H and O–H groups in total. The van der Waals surface area contributed by atoms with E-state index in [4.69, 9.17) is 18.9 Å². The van der Waals surface area contributed by atoms with Crippen LogP contribution in [0.25, 0.3) is 11.3 Å². The highest BCUT2D eigenvalue weighted by Crippen LogP contribution is 2.32. The Hall–Kier alpha value is -4.59.